The van der Waals surface area contributed by atoms with Gasteiger partial charge in [0.1, 0.15) is 11.6 Å². The summed E-state index contributed by atoms with van der Waals surface area (Å²) < 4.78 is 6.46. The van der Waals surface area contributed by atoms with E-state index in [9.17, 15) is 10.1 Å². The van der Waals surface area contributed by atoms with Crippen LogP contribution in [-0.4, -0.2) is 80.1 Å². The summed E-state index contributed by atoms with van der Waals surface area (Å²) in [7, 11) is 6.07. The van der Waals surface area contributed by atoms with Crippen LogP contribution in [0.15, 0.2) is 34.7 Å². The Labute approximate surface area is 206 Å². The molecule has 2 aliphatic heterocycles. The van der Waals surface area contributed by atoms with Crippen LogP contribution >= 0.6 is 0 Å². The molecule has 0 saturated carbocycles. The quantitative estimate of drug-likeness (QED) is 0.562. The summed E-state index contributed by atoms with van der Waals surface area (Å²) >= 11 is 0. The van der Waals surface area contributed by atoms with Crippen molar-refractivity contribution in [1.29, 1.82) is 5.26 Å². The number of aromatic nitrogens is 1. The Morgan fingerprint density at radius 3 is 2.40 bits per heavy atom. The summed E-state index contributed by atoms with van der Waals surface area (Å²) in [5.41, 5.74) is 5.89. The molecule has 2 saturated heterocycles. The zero-order valence-corrected chi connectivity index (χ0v) is 21.1. The Morgan fingerprint density at radius 2 is 1.80 bits per heavy atom. The van der Waals surface area contributed by atoms with E-state index in [1.807, 2.05) is 37.1 Å². The number of carbonyl (C=O) groups is 1. The molecule has 2 fully saturated rings. The number of fused-ring (bicyclic) bond motifs is 1. The van der Waals surface area contributed by atoms with Crippen LogP contribution < -0.4 is 9.80 Å². The molecule has 3 aromatic rings. The number of nitriles is 1. The van der Waals surface area contributed by atoms with Crippen LogP contribution in [0.4, 0.5) is 11.7 Å². The molecule has 0 spiro atoms. The van der Waals surface area contributed by atoms with E-state index >= 15 is 0 Å². The number of hydrogen-bond donors (Lipinski definition) is 0. The van der Waals surface area contributed by atoms with Crippen molar-refractivity contribution in [2.45, 2.75) is 32.4 Å². The van der Waals surface area contributed by atoms with Gasteiger partial charge in [0.25, 0.3) is 6.01 Å². The maximum Gasteiger partial charge on any atom is 0.298 e. The normalized spacial score (nSPS) is 18.3. The summed E-state index contributed by atoms with van der Waals surface area (Å²) in [4.78, 5) is 25.0. The summed E-state index contributed by atoms with van der Waals surface area (Å²) in [6.07, 6.45) is 1.06. The first kappa shape index (κ1) is 23.2. The lowest BCUT2D eigenvalue weighted by molar-refractivity contribution is -0.130. The Balaban J connectivity index is 1.65. The Bertz CT molecular complexity index is 1300. The molecular weight excluding hydrogens is 440 g/mol. The van der Waals surface area contributed by atoms with Gasteiger partial charge in [-0.25, -0.2) is 0 Å². The number of oxazole rings is 1. The van der Waals surface area contributed by atoms with E-state index in [0.29, 0.717) is 41.8 Å². The predicted octanol–water partition coefficient (Wildman–Crippen LogP) is 3.48. The van der Waals surface area contributed by atoms with Crippen LogP contribution in [0.1, 0.15) is 24.5 Å². The van der Waals surface area contributed by atoms with Crippen LogP contribution in [-0.2, 0) is 4.79 Å². The maximum absolute atomic E-state index is 11.7. The molecule has 182 valence electrons. The molecule has 0 unspecified atom stereocenters. The number of amides is 1. The molecule has 2 aromatic carbocycles. The van der Waals surface area contributed by atoms with Crippen molar-refractivity contribution in [1.82, 2.24) is 14.8 Å². The van der Waals surface area contributed by atoms with Crippen molar-refractivity contribution in [3.05, 3.63) is 41.5 Å². The molecule has 8 heteroatoms. The topological polar surface area (TPSA) is 79.9 Å². The Hall–Kier alpha value is -3.57. The van der Waals surface area contributed by atoms with E-state index in [-0.39, 0.29) is 11.9 Å². The number of rotatable bonds is 5. The fourth-order valence-electron chi connectivity index (χ4n) is 5.24. The first-order valence-corrected chi connectivity index (χ1v) is 12.1. The summed E-state index contributed by atoms with van der Waals surface area (Å²) in [6, 6.07) is 13.7. The van der Waals surface area contributed by atoms with Crippen molar-refractivity contribution in [3.8, 4) is 17.2 Å². The van der Waals surface area contributed by atoms with Crippen LogP contribution in [0.25, 0.3) is 22.2 Å². The lowest BCUT2D eigenvalue weighted by Crippen LogP contribution is -2.59. The van der Waals surface area contributed by atoms with Gasteiger partial charge in [-0.2, -0.15) is 10.2 Å². The molecule has 0 bridgehead atoms. The van der Waals surface area contributed by atoms with Gasteiger partial charge in [0.2, 0.25) is 5.91 Å². The molecule has 8 nitrogen and oxygen atoms in total. The smallest absolute Gasteiger partial charge is 0.298 e. The highest BCUT2D eigenvalue weighted by Crippen LogP contribution is 2.45. The molecule has 0 N–H and O–H groups in total. The second kappa shape index (κ2) is 8.90. The number of likely N-dealkylation sites (N-methyl/N-ethyl adjacent to an activating group) is 2. The molecule has 0 radical (unpaired) electrons. The largest absolute Gasteiger partial charge is 0.421 e. The SMILES string of the molecule is CC(=O)N(C)C1CN(c2nc3c(C#N)c(C)c(-c4ccccc4)c(N4CC[C@H](N(C)C)C4)c3o2)C1. The van der Waals surface area contributed by atoms with Gasteiger partial charge in [0.15, 0.2) is 5.58 Å². The summed E-state index contributed by atoms with van der Waals surface area (Å²) in [5.74, 6) is 0.0499. The van der Waals surface area contributed by atoms with E-state index in [2.05, 4.69) is 42.1 Å². The minimum atomic E-state index is 0.0499. The third-order valence-corrected chi connectivity index (χ3v) is 7.62. The predicted molar refractivity (Wildman–Crippen MR) is 138 cm³/mol. The molecule has 35 heavy (non-hydrogen) atoms. The molecular formula is C27H32N6O2. The molecule has 3 heterocycles. The van der Waals surface area contributed by atoms with Crippen LogP contribution in [0.3, 0.4) is 0 Å². The maximum atomic E-state index is 11.7. The average molecular weight is 473 g/mol. The molecule has 1 amide bonds. The van der Waals surface area contributed by atoms with Gasteiger partial charge in [0.05, 0.1) is 17.3 Å². The Morgan fingerprint density at radius 1 is 1.11 bits per heavy atom. The summed E-state index contributed by atoms with van der Waals surface area (Å²) in [6.45, 7) is 6.72. The van der Waals surface area contributed by atoms with Gasteiger partial charge >= 0.3 is 0 Å². The highest BCUT2D eigenvalue weighted by atomic mass is 16.4. The zero-order chi connectivity index (χ0) is 24.9. The first-order chi connectivity index (χ1) is 16.8. The lowest BCUT2D eigenvalue weighted by Gasteiger charge is -2.42. The lowest BCUT2D eigenvalue weighted by atomic mass is 9.93. The van der Waals surface area contributed by atoms with Gasteiger partial charge in [-0.3, -0.25) is 4.79 Å². The highest BCUT2D eigenvalue weighted by Gasteiger charge is 2.36. The third-order valence-electron chi connectivity index (χ3n) is 7.62. The van der Waals surface area contributed by atoms with Crippen LogP contribution in [0.5, 0.6) is 0 Å². The van der Waals surface area contributed by atoms with Crippen molar-refractivity contribution in [2.24, 2.45) is 0 Å². The second-order valence-electron chi connectivity index (χ2n) is 9.92. The van der Waals surface area contributed by atoms with E-state index in [4.69, 9.17) is 9.40 Å². The van der Waals surface area contributed by atoms with E-state index < -0.39 is 0 Å². The molecule has 1 aromatic heterocycles. The third kappa shape index (κ3) is 3.90. The number of benzene rings is 2. The van der Waals surface area contributed by atoms with E-state index in [1.54, 1.807) is 11.8 Å². The van der Waals surface area contributed by atoms with Gasteiger partial charge in [0, 0.05) is 51.8 Å². The van der Waals surface area contributed by atoms with Crippen molar-refractivity contribution < 1.29 is 9.21 Å². The minimum Gasteiger partial charge on any atom is -0.421 e. The fraction of sp³-hybridized carbons (Fsp3) is 0.444. The molecule has 5 rings (SSSR count). The zero-order valence-electron chi connectivity index (χ0n) is 21.1. The van der Waals surface area contributed by atoms with Gasteiger partial charge < -0.3 is 24.0 Å². The molecule has 0 aliphatic carbocycles. The number of anilines is 2. The van der Waals surface area contributed by atoms with E-state index in [1.165, 1.54) is 0 Å². The van der Waals surface area contributed by atoms with E-state index in [0.717, 1.165) is 41.9 Å². The van der Waals surface area contributed by atoms with Crippen LogP contribution in [0, 0.1) is 18.3 Å². The molecule has 1 atom stereocenters. The average Bonchev–Trinajstić information content (AvgIpc) is 3.46. The fourth-order valence-corrected chi connectivity index (χ4v) is 5.24. The molecule has 2 aliphatic rings. The number of nitrogens with zero attached hydrogens (tertiary/aromatic N) is 6. The number of carbonyl (C=O) groups excluding carboxylic acids is 1. The van der Waals surface area contributed by atoms with Gasteiger partial charge in [-0.05, 0) is 38.6 Å². The first-order valence-electron chi connectivity index (χ1n) is 12.1. The van der Waals surface area contributed by atoms with Crippen molar-refractivity contribution in [3.63, 3.8) is 0 Å². The van der Waals surface area contributed by atoms with Gasteiger partial charge in [-0.1, -0.05) is 30.3 Å². The van der Waals surface area contributed by atoms with Crippen LogP contribution in [0.2, 0.25) is 0 Å². The van der Waals surface area contributed by atoms with Crippen molar-refractivity contribution >= 4 is 28.7 Å². The standard InChI is InChI=1S/C27H32N6O2/c1-17-22(13-28)24-26(35-27(29-24)33-15-21(16-33)31(5)18(2)34)25(23(17)19-9-7-6-8-10-19)32-12-11-20(14-32)30(3)4/h6-10,20-21H,11-12,14-16H2,1-5H3/t20-/m0/s1. The van der Waals surface area contributed by atoms with Gasteiger partial charge in [-0.15, -0.1) is 0 Å². The summed E-state index contributed by atoms with van der Waals surface area (Å²) in [5, 5.41) is 10.1. The Kier molecular flexibility index (Phi) is 5.89. The number of hydrogen-bond acceptors (Lipinski definition) is 7. The second-order valence-corrected chi connectivity index (χ2v) is 9.92. The highest BCUT2D eigenvalue weighted by molar-refractivity contribution is 6.03. The monoisotopic (exact) mass is 472 g/mol. The van der Waals surface area contributed by atoms with Crippen molar-refractivity contribution in [2.75, 3.05) is 57.1 Å². The minimum absolute atomic E-state index is 0.0499.